The fourth-order valence-corrected chi connectivity index (χ4v) is 20.7. The molecule has 0 aliphatic heterocycles. The summed E-state index contributed by atoms with van der Waals surface area (Å²) in [5.74, 6) is 6.05. The molecule has 0 bridgehead atoms. The van der Waals surface area contributed by atoms with Gasteiger partial charge in [-0.3, -0.25) is 0 Å². The van der Waals surface area contributed by atoms with Gasteiger partial charge in [0.2, 0.25) is 0 Å². The minimum atomic E-state index is -0.188. The van der Waals surface area contributed by atoms with E-state index in [-0.39, 0.29) is 16.2 Å². The van der Waals surface area contributed by atoms with Gasteiger partial charge in [-0.2, -0.15) is 0 Å². The second-order valence-corrected chi connectivity index (χ2v) is 36.2. The van der Waals surface area contributed by atoms with Crippen molar-refractivity contribution in [3.63, 3.8) is 0 Å². The molecule has 9 nitrogen and oxygen atoms in total. The van der Waals surface area contributed by atoms with Gasteiger partial charge in [-0.05, 0) is 155 Å². The van der Waals surface area contributed by atoms with E-state index in [2.05, 4.69) is 393 Å². The third-order valence-electron chi connectivity index (χ3n) is 27.1. The molecule has 22 aromatic rings. The normalized spacial score (nSPS) is 13.1. The zero-order valence-electron chi connectivity index (χ0n) is 74.5. The maximum Gasteiger partial charge on any atom is 0.164 e. The standard InChI is InChI=1S/C44H31N3.2C40H29N3/c1-44(2)38-21-11-20-37(39(38)36-27-26-29-13-7-9-18-35(29)40(36)44)43-46-41(31-14-4-3-5-15-31)45-42(47-43)32-24-22-30(23-25-32)34-19-10-16-28-12-6-8-17-33(28)34;1-40(2)34-20-12-19-33(39-42-37(27-15-8-4-9-16-27)41-38(43-39)28-17-10-5-11-18-28)35(34)32-24-22-30-25-29(21-23-31(30)36(32)40)26-13-6-3-7-14-26;1-40(2)34-22-12-21-33(35(34)32-24-23-27-15-9-10-20-31(27)36(32)40)39-42-37(28-16-7-4-8-17-28)41-38(43-39)30-19-11-18-29(25-30)26-13-5-3-6-14-26/h3-27H,1-2H3;2*3-25H,1-2H3. The molecule has 3 aromatic heterocycles. The summed E-state index contributed by atoms with van der Waals surface area (Å²) < 4.78 is 0. The Morgan fingerprint density at radius 1 is 0.143 bits per heavy atom. The van der Waals surface area contributed by atoms with Crippen LogP contribution in [-0.4, -0.2) is 44.9 Å². The van der Waals surface area contributed by atoms with E-state index < -0.39 is 0 Å². The highest BCUT2D eigenvalue weighted by Crippen LogP contribution is 2.58. The Labute approximate surface area is 773 Å². The van der Waals surface area contributed by atoms with Crippen molar-refractivity contribution in [2.24, 2.45) is 0 Å². The zero-order valence-corrected chi connectivity index (χ0v) is 74.5. The first-order valence-electron chi connectivity index (χ1n) is 45.6. The summed E-state index contributed by atoms with van der Waals surface area (Å²) in [5.41, 5.74) is 30.8. The van der Waals surface area contributed by atoms with Crippen molar-refractivity contribution in [3.8, 4) is 169 Å². The van der Waals surface area contributed by atoms with Gasteiger partial charge in [-0.25, -0.2) is 44.9 Å². The van der Waals surface area contributed by atoms with E-state index in [0.717, 1.165) is 66.8 Å². The van der Waals surface area contributed by atoms with Crippen molar-refractivity contribution in [3.05, 3.63) is 464 Å². The second-order valence-electron chi connectivity index (χ2n) is 36.2. The quantitative estimate of drug-likeness (QED) is 0.118. The van der Waals surface area contributed by atoms with E-state index >= 15 is 0 Å². The van der Waals surface area contributed by atoms with Crippen molar-refractivity contribution < 1.29 is 0 Å². The molecule has 133 heavy (non-hydrogen) atoms. The van der Waals surface area contributed by atoms with Gasteiger partial charge in [0.1, 0.15) is 0 Å². The molecule has 25 rings (SSSR count). The molecule has 19 aromatic carbocycles. The van der Waals surface area contributed by atoms with Gasteiger partial charge in [0, 0.05) is 66.3 Å². The predicted octanol–water partition coefficient (Wildman–Crippen LogP) is 31.2. The maximum atomic E-state index is 5.19. The first-order chi connectivity index (χ1) is 65.2. The van der Waals surface area contributed by atoms with E-state index in [0.29, 0.717) is 52.4 Å². The molecule has 630 valence electrons. The van der Waals surface area contributed by atoms with Gasteiger partial charge in [0.05, 0.1) is 0 Å². The van der Waals surface area contributed by atoms with Crippen LogP contribution in [-0.2, 0) is 16.2 Å². The van der Waals surface area contributed by atoms with Crippen LogP contribution in [0.2, 0.25) is 0 Å². The Balaban J connectivity index is 0.000000113. The molecule has 0 unspecified atom stereocenters. The van der Waals surface area contributed by atoms with Crippen LogP contribution < -0.4 is 0 Å². The van der Waals surface area contributed by atoms with E-state index in [1.165, 1.54) is 127 Å². The minimum Gasteiger partial charge on any atom is -0.208 e. The average Bonchev–Trinajstić information content (AvgIpc) is 1.56. The third-order valence-corrected chi connectivity index (χ3v) is 27.1. The van der Waals surface area contributed by atoms with Gasteiger partial charge in [0.25, 0.3) is 0 Å². The highest BCUT2D eigenvalue weighted by atomic mass is 15.1. The van der Waals surface area contributed by atoms with Gasteiger partial charge < -0.3 is 0 Å². The number of nitrogens with zero attached hydrogens (tertiary/aromatic N) is 9. The molecule has 3 aliphatic carbocycles. The Morgan fingerprint density at radius 2 is 0.391 bits per heavy atom. The van der Waals surface area contributed by atoms with E-state index in [4.69, 9.17) is 44.9 Å². The van der Waals surface area contributed by atoms with E-state index in [1.807, 2.05) is 78.9 Å². The maximum absolute atomic E-state index is 5.19. The van der Waals surface area contributed by atoms with Crippen LogP contribution in [0.1, 0.15) is 74.9 Å². The number of aromatic nitrogens is 9. The molecular formula is C124H89N9. The third kappa shape index (κ3) is 14.4. The number of rotatable bonds is 12. The number of fused-ring (bicyclic) bond motifs is 16. The first kappa shape index (κ1) is 80.8. The zero-order chi connectivity index (χ0) is 89.5. The van der Waals surface area contributed by atoms with Crippen LogP contribution in [0.3, 0.4) is 0 Å². The fraction of sp³-hybridized carbons (Fsp3) is 0.0726. The van der Waals surface area contributed by atoms with E-state index in [9.17, 15) is 0 Å². The van der Waals surface area contributed by atoms with Crippen LogP contribution in [0.25, 0.3) is 212 Å². The lowest BCUT2D eigenvalue weighted by atomic mass is 9.80. The summed E-state index contributed by atoms with van der Waals surface area (Å²) in [7, 11) is 0. The molecule has 0 N–H and O–H groups in total. The molecule has 0 saturated heterocycles. The second kappa shape index (κ2) is 33.1. The summed E-state index contributed by atoms with van der Waals surface area (Å²) in [4.78, 5) is 45.8. The topological polar surface area (TPSA) is 116 Å². The molecule has 3 heterocycles. The summed E-state index contributed by atoms with van der Waals surface area (Å²) in [6, 6.07) is 151. The molecule has 0 amide bonds. The Morgan fingerprint density at radius 3 is 0.782 bits per heavy atom. The van der Waals surface area contributed by atoms with Crippen LogP contribution in [0, 0.1) is 0 Å². The van der Waals surface area contributed by atoms with Crippen LogP contribution in [0.4, 0.5) is 0 Å². The van der Waals surface area contributed by atoms with Gasteiger partial charge in [0.15, 0.2) is 52.4 Å². The number of benzene rings is 19. The molecular weight excluding hydrogens is 1620 g/mol. The van der Waals surface area contributed by atoms with Gasteiger partial charge in [-0.1, -0.05) is 460 Å². The molecule has 0 saturated carbocycles. The summed E-state index contributed by atoms with van der Waals surface area (Å²) in [5, 5.41) is 10.1. The Hall–Kier alpha value is -16.8. The lowest BCUT2D eigenvalue weighted by Crippen LogP contribution is -2.15. The number of hydrogen-bond donors (Lipinski definition) is 0. The summed E-state index contributed by atoms with van der Waals surface area (Å²) in [6.07, 6.45) is 0. The number of hydrogen-bond acceptors (Lipinski definition) is 9. The lowest BCUT2D eigenvalue weighted by Gasteiger charge is -2.23. The largest absolute Gasteiger partial charge is 0.208 e. The summed E-state index contributed by atoms with van der Waals surface area (Å²) in [6.45, 7) is 14.0. The molecule has 0 fully saturated rings. The smallest absolute Gasteiger partial charge is 0.164 e. The predicted molar refractivity (Wildman–Crippen MR) is 547 cm³/mol. The SMILES string of the molecule is CC1(C)c2cccc(-c3nc(-c4ccccc4)nc(-c4ccc(-c5cccc6ccccc56)cc4)n3)c2-c2ccc3ccccc3c21.CC1(C)c2cccc(-c3nc(-c4ccccc4)nc(-c4cccc(-c5ccccc5)c4)n3)c2-c2ccc3ccccc3c21.CC1(C)c2cccc(-c3nc(-c4ccccc4)nc(-c4ccccc4)n3)c2-c2ccc3cc(-c4ccccc4)ccc3c21. The van der Waals surface area contributed by atoms with Crippen molar-refractivity contribution in [1.29, 1.82) is 0 Å². The highest BCUT2D eigenvalue weighted by Gasteiger charge is 2.42. The highest BCUT2D eigenvalue weighted by molar-refractivity contribution is 6.06. The van der Waals surface area contributed by atoms with Crippen LogP contribution in [0.15, 0.2) is 431 Å². The van der Waals surface area contributed by atoms with Crippen LogP contribution >= 0.6 is 0 Å². The van der Waals surface area contributed by atoms with Crippen LogP contribution in [0.5, 0.6) is 0 Å². The molecule has 9 heteroatoms. The van der Waals surface area contributed by atoms with Crippen molar-refractivity contribution in [2.45, 2.75) is 57.8 Å². The van der Waals surface area contributed by atoms with Gasteiger partial charge in [-0.15, -0.1) is 0 Å². The average molecular weight is 1710 g/mol. The lowest BCUT2D eigenvalue weighted by molar-refractivity contribution is 0.666. The monoisotopic (exact) mass is 1700 g/mol. The Bertz CT molecular complexity index is 8240. The minimum absolute atomic E-state index is 0.163. The molecule has 0 spiro atoms. The Kier molecular flexibility index (Phi) is 20.1. The van der Waals surface area contributed by atoms with Gasteiger partial charge >= 0.3 is 0 Å². The summed E-state index contributed by atoms with van der Waals surface area (Å²) >= 11 is 0. The van der Waals surface area contributed by atoms with E-state index in [1.54, 1.807) is 0 Å². The first-order valence-corrected chi connectivity index (χ1v) is 45.6. The van der Waals surface area contributed by atoms with Crippen molar-refractivity contribution >= 4 is 43.1 Å². The molecule has 3 aliphatic rings. The van der Waals surface area contributed by atoms with Crippen molar-refractivity contribution in [2.75, 3.05) is 0 Å². The fourth-order valence-electron chi connectivity index (χ4n) is 20.7. The molecule has 0 atom stereocenters. The molecule has 0 radical (unpaired) electrons. The van der Waals surface area contributed by atoms with Crippen molar-refractivity contribution in [1.82, 2.24) is 44.9 Å².